The van der Waals surface area contributed by atoms with E-state index in [4.69, 9.17) is 21.6 Å². The highest BCUT2D eigenvalue weighted by Gasteiger charge is 2.10. The molecule has 0 bridgehead atoms. The van der Waals surface area contributed by atoms with Gasteiger partial charge < -0.3 is 15.4 Å². The number of methoxy groups -OCH3 is 1. The van der Waals surface area contributed by atoms with Crippen LogP contribution in [0.25, 0.3) is 0 Å². The third-order valence-corrected chi connectivity index (χ3v) is 3.53. The van der Waals surface area contributed by atoms with E-state index in [1.165, 1.54) is 6.20 Å². The molecule has 2 rings (SSSR count). The number of nitrogens with one attached hydrogen (secondary N) is 2. The van der Waals surface area contributed by atoms with Gasteiger partial charge in [0.05, 0.1) is 17.8 Å². The van der Waals surface area contributed by atoms with Crippen LogP contribution in [0.1, 0.15) is 5.56 Å². The van der Waals surface area contributed by atoms with E-state index in [9.17, 15) is 4.79 Å². The number of halogens is 1. The molecule has 0 atom stereocenters. The number of hydrogen-bond donors (Lipinski definition) is 2. The summed E-state index contributed by atoms with van der Waals surface area (Å²) in [6.07, 6.45) is 1.39. The molecule has 6 heteroatoms. The number of benzene rings is 2. The molecule has 2 N–H and O–H groups in total. The molecule has 0 spiro atoms. The van der Waals surface area contributed by atoms with Crippen molar-refractivity contribution >= 4 is 23.2 Å². The van der Waals surface area contributed by atoms with Crippen LogP contribution < -0.4 is 15.4 Å². The summed E-state index contributed by atoms with van der Waals surface area (Å²) in [6.45, 7) is 0.481. The van der Waals surface area contributed by atoms with Crippen LogP contribution >= 0.6 is 11.6 Å². The minimum Gasteiger partial charge on any atom is -0.497 e. The predicted molar refractivity (Wildman–Crippen MR) is 93.6 cm³/mol. The Morgan fingerprint density at radius 2 is 1.96 bits per heavy atom. The van der Waals surface area contributed by atoms with Crippen LogP contribution in [0.15, 0.2) is 60.3 Å². The van der Waals surface area contributed by atoms with Crippen molar-refractivity contribution in [2.45, 2.75) is 6.54 Å². The average Bonchev–Trinajstić information content (AvgIpc) is 2.61. The van der Waals surface area contributed by atoms with E-state index in [-0.39, 0.29) is 5.57 Å². The third kappa shape index (κ3) is 4.77. The van der Waals surface area contributed by atoms with Gasteiger partial charge in [0.2, 0.25) is 0 Å². The van der Waals surface area contributed by atoms with E-state index in [1.807, 2.05) is 30.3 Å². The highest BCUT2D eigenvalue weighted by Crippen LogP contribution is 2.20. The first kappa shape index (κ1) is 17.4. The van der Waals surface area contributed by atoms with Crippen molar-refractivity contribution in [3.63, 3.8) is 0 Å². The minimum atomic E-state index is -0.521. The Labute approximate surface area is 145 Å². The maximum atomic E-state index is 12.1. The largest absolute Gasteiger partial charge is 0.497 e. The van der Waals surface area contributed by atoms with Gasteiger partial charge in [0, 0.05) is 12.7 Å². The number of amides is 1. The van der Waals surface area contributed by atoms with Crippen LogP contribution in [0, 0.1) is 11.3 Å². The topological polar surface area (TPSA) is 74.1 Å². The predicted octanol–water partition coefficient (Wildman–Crippen LogP) is 3.48. The monoisotopic (exact) mass is 341 g/mol. The fraction of sp³-hybridized carbons (Fsp3) is 0.111. The van der Waals surface area contributed by atoms with Gasteiger partial charge in [-0.1, -0.05) is 35.9 Å². The molecule has 24 heavy (non-hydrogen) atoms. The Hall–Kier alpha value is -2.97. The number of nitriles is 1. The van der Waals surface area contributed by atoms with Gasteiger partial charge >= 0.3 is 0 Å². The van der Waals surface area contributed by atoms with Crippen molar-refractivity contribution in [1.29, 1.82) is 5.26 Å². The summed E-state index contributed by atoms with van der Waals surface area (Å²) in [4.78, 5) is 12.1. The molecule has 0 aliphatic carbocycles. The molecule has 5 nitrogen and oxygen atoms in total. The number of rotatable bonds is 6. The van der Waals surface area contributed by atoms with Gasteiger partial charge in [-0.15, -0.1) is 0 Å². The van der Waals surface area contributed by atoms with Crippen LogP contribution in [0.2, 0.25) is 5.02 Å². The number of ether oxygens (including phenoxy) is 1. The number of hydrogen-bond acceptors (Lipinski definition) is 4. The molecule has 0 radical (unpaired) electrons. The highest BCUT2D eigenvalue weighted by molar-refractivity contribution is 6.33. The zero-order chi connectivity index (χ0) is 17.4. The molecule has 0 fully saturated rings. The van der Waals surface area contributed by atoms with Gasteiger partial charge in [0.25, 0.3) is 5.91 Å². The molecular weight excluding hydrogens is 326 g/mol. The van der Waals surface area contributed by atoms with E-state index in [1.54, 1.807) is 31.4 Å². The van der Waals surface area contributed by atoms with Gasteiger partial charge in [-0.2, -0.15) is 5.26 Å². The summed E-state index contributed by atoms with van der Waals surface area (Å²) in [5.41, 5.74) is 1.42. The summed E-state index contributed by atoms with van der Waals surface area (Å²) in [7, 11) is 1.60. The average molecular weight is 342 g/mol. The summed E-state index contributed by atoms with van der Waals surface area (Å²) < 4.78 is 5.09. The first-order chi connectivity index (χ1) is 11.6. The standard InChI is InChI=1S/C18H16ClN3O2/c1-24-15-8-6-13(7-9-15)11-21-12-14(10-20)18(23)22-17-5-3-2-4-16(17)19/h2-9,12,21H,11H2,1H3,(H,22,23)/b14-12-. The number of carbonyl (C=O) groups is 1. The molecule has 2 aromatic carbocycles. The molecule has 2 aromatic rings. The number of carbonyl (C=O) groups excluding carboxylic acids is 1. The zero-order valence-electron chi connectivity index (χ0n) is 13.0. The van der Waals surface area contributed by atoms with E-state index < -0.39 is 5.91 Å². The first-order valence-electron chi connectivity index (χ1n) is 7.16. The second kappa shape index (κ2) is 8.61. The Morgan fingerprint density at radius 3 is 2.58 bits per heavy atom. The molecule has 0 aliphatic heterocycles. The molecule has 1 amide bonds. The SMILES string of the molecule is COc1ccc(CN/C=C(/C#N)C(=O)Nc2ccccc2Cl)cc1. The Morgan fingerprint density at radius 1 is 1.25 bits per heavy atom. The summed E-state index contributed by atoms with van der Waals surface area (Å²) in [5, 5.41) is 15.1. The third-order valence-electron chi connectivity index (χ3n) is 3.20. The van der Waals surface area contributed by atoms with Gasteiger partial charge in [0.1, 0.15) is 17.4 Å². The minimum absolute atomic E-state index is 0.0385. The van der Waals surface area contributed by atoms with Gasteiger partial charge in [-0.05, 0) is 29.8 Å². The molecular formula is C18H16ClN3O2. The lowest BCUT2D eigenvalue weighted by Crippen LogP contribution is -2.16. The fourth-order valence-electron chi connectivity index (χ4n) is 1.92. The van der Waals surface area contributed by atoms with Crippen LogP contribution in [-0.2, 0) is 11.3 Å². The van der Waals surface area contributed by atoms with Crippen molar-refractivity contribution in [2.75, 3.05) is 12.4 Å². The van der Waals surface area contributed by atoms with Crippen molar-refractivity contribution in [3.8, 4) is 11.8 Å². The Balaban J connectivity index is 1.97. The maximum Gasteiger partial charge on any atom is 0.267 e. The zero-order valence-corrected chi connectivity index (χ0v) is 13.8. The molecule has 0 unspecified atom stereocenters. The van der Waals surface area contributed by atoms with Crippen LogP contribution in [0.4, 0.5) is 5.69 Å². The fourth-order valence-corrected chi connectivity index (χ4v) is 2.10. The highest BCUT2D eigenvalue weighted by atomic mass is 35.5. The van der Waals surface area contributed by atoms with E-state index in [0.29, 0.717) is 17.3 Å². The molecule has 0 aromatic heterocycles. The van der Waals surface area contributed by atoms with Crippen LogP contribution in [-0.4, -0.2) is 13.0 Å². The van der Waals surface area contributed by atoms with E-state index >= 15 is 0 Å². The molecule has 122 valence electrons. The van der Waals surface area contributed by atoms with Gasteiger partial charge in [0.15, 0.2) is 0 Å². The number of anilines is 1. The molecule has 0 saturated heterocycles. The van der Waals surface area contributed by atoms with Gasteiger partial charge in [-0.3, -0.25) is 4.79 Å². The number of nitrogens with zero attached hydrogens (tertiary/aromatic N) is 1. The van der Waals surface area contributed by atoms with Crippen molar-refractivity contribution in [3.05, 3.63) is 70.9 Å². The van der Waals surface area contributed by atoms with Crippen molar-refractivity contribution in [1.82, 2.24) is 5.32 Å². The molecule has 0 aliphatic rings. The smallest absolute Gasteiger partial charge is 0.267 e. The second-order valence-electron chi connectivity index (χ2n) is 4.83. The Bertz CT molecular complexity index is 780. The van der Waals surface area contributed by atoms with Gasteiger partial charge in [-0.25, -0.2) is 0 Å². The summed E-state index contributed by atoms with van der Waals surface area (Å²) >= 11 is 5.98. The van der Waals surface area contributed by atoms with Crippen molar-refractivity contribution in [2.24, 2.45) is 0 Å². The van der Waals surface area contributed by atoms with Crippen molar-refractivity contribution < 1.29 is 9.53 Å². The summed E-state index contributed by atoms with van der Waals surface area (Å²) in [6, 6.07) is 16.2. The van der Waals surface area contributed by atoms with Crippen LogP contribution in [0.5, 0.6) is 5.75 Å². The lowest BCUT2D eigenvalue weighted by Gasteiger charge is -2.07. The number of para-hydroxylation sites is 1. The quantitative estimate of drug-likeness (QED) is 0.623. The maximum absolute atomic E-state index is 12.1. The lowest BCUT2D eigenvalue weighted by atomic mass is 10.2. The van der Waals surface area contributed by atoms with Crippen LogP contribution in [0.3, 0.4) is 0 Å². The van der Waals surface area contributed by atoms with E-state index in [0.717, 1.165) is 11.3 Å². The first-order valence-corrected chi connectivity index (χ1v) is 7.54. The Kier molecular flexibility index (Phi) is 6.23. The second-order valence-corrected chi connectivity index (χ2v) is 5.24. The molecule has 0 saturated carbocycles. The molecule has 0 heterocycles. The summed E-state index contributed by atoms with van der Waals surface area (Å²) in [5.74, 6) is 0.249. The van der Waals surface area contributed by atoms with E-state index in [2.05, 4.69) is 10.6 Å². The normalized spacial score (nSPS) is 10.6. The lowest BCUT2D eigenvalue weighted by molar-refractivity contribution is -0.112.